The summed E-state index contributed by atoms with van der Waals surface area (Å²) in [6.07, 6.45) is 11.9. The molecule has 1 saturated heterocycles. The molecule has 0 amide bonds. The molecule has 0 aromatic rings. The summed E-state index contributed by atoms with van der Waals surface area (Å²) in [5.74, 6) is 2.99. The standard InChI is InChI=1S/C21H42N2.CHF3/c1-18(2)17-21-10-8-20(9-11-21)7-5-6-12-22-13-15-23(16-14-22)19(3)4;2-1(3)4/h18-21H,5-17H2,1-4H3;1H. The highest BCUT2D eigenvalue weighted by molar-refractivity contribution is 4.76. The third-order valence-corrected chi connectivity index (χ3v) is 6.24. The summed E-state index contributed by atoms with van der Waals surface area (Å²) in [7, 11) is 0. The van der Waals surface area contributed by atoms with Crippen LogP contribution >= 0.6 is 0 Å². The average Bonchev–Trinajstić information content (AvgIpc) is 2.59. The van der Waals surface area contributed by atoms with Crippen molar-refractivity contribution in [3.8, 4) is 0 Å². The van der Waals surface area contributed by atoms with Gasteiger partial charge in [0.1, 0.15) is 0 Å². The predicted molar refractivity (Wildman–Crippen MR) is 109 cm³/mol. The van der Waals surface area contributed by atoms with Gasteiger partial charge in [-0.05, 0) is 51.0 Å². The third kappa shape index (κ3) is 12.0. The average molecular weight is 393 g/mol. The predicted octanol–water partition coefficient (Wildman–Crippen LogP) is 6.21. The zero-order chi connectivity index (χ0) is 20.2. The molecular formula is C22H43F3N2. The Morgan fingerprint density at radius 1 is 0.778 bits per heavy atom. The topological polar surface area (TPSA) is 6.48 Å². The smallest absolute Gasteiger partial charge is 0.301 e. The summed E-state index contributed by atoms with van der Waals surface area (Å²) in [6.45, 7) is 12.2. The van der Waals surface area contributed by atoms with Crippen LogP contribution in [0.25, 0.3) is 0 Å². The van der Waals surface area contributed by atoms with Crippen molar-refractivity contribution < 1.29 is 13.2 Å². The molecular weight excluding hydrogens is 349 g/mol. The van der Waals surface area contributed by atoms with Crippen molar-refractivity contribution in [1.82, 2.24) is 9.80 Å². The number of alkyl halides is 3. The van der Waals surface area contributed by atoms with Crippen LogP contribution in [-0.2, 0) is 0 Å². The van der Waals surface area contributed by atoms with Crippen molar-refractivity contribution in [2.24, 2.45) is 17.8 Å². The molecule has 0 spiro atoms. The van der Waals surface area contributed by atoms with E-state index in [0.717, 1.165) is 23.8 Å². The van der Waals surface area contributed by atoms with Crippen molar-refractivity contribution >= 4 is 0 Å². The molecule has 0 atom stereocenters. The summed E-state index contributed by atoms with van der Waals surface area (Å²) >= 11 is 0. The molecule has 0 N–H and O–H groups in total. The summed E-state index contributed by atoms with van der Waals surface area (Å²) in [5, 5.41) is 0. The van der Waals surface area contributed by atoms with Gasteiger partial charge in [0.25, 0.3) is 0 Å². The van der Waals surface area contributed by atoms with E-state index in [1.165, 1.54) is 84.1 Å². The van der Waals surface area contributed by atoms with Gasteiger partial charge in [0.05, 0.1) is 0 Å². The highest BCUT2D eigenvalue weighted by Crippen LogP contribution is 2.34. The van der Waals surface area contributed by atoms with Gasteiger partial charge in [-0.25, -0.2) is 0 Å². The van der Waals surface area contributed by atoms with E-state index in [9.17, 15) is 13.2 Å². The maximum absolute atomic E-state index is 9.67. The first-order chi connectivity index (χ1) is 12.8. The summed E-state index contributed by atoms with van der Waals surface area (Å²) < 4.78 is 29.0. The SMILES string of the molecule is CC(C)CC1CCC(CCCCN2CCN(C(C)C)CC2)CC1.FC(F)F. The molecule has 0 aromatic heterocycles. The molecule has 0 aromatic carbocycles. The lowest BCUT2D eigenvalue weighted by Gasteiger charge is -2.37. The summed E-state index contributed by atoms with van der Waals surface area (Å²) in [5.41, 5.74) is 0. The quantitative estimate of drug-likeness (QED) is 0.453. The minimum atomic E-state index is -3.67. The molecule has 2 fully saturated rings. The minimum Gasteiger partial charge on any atom is -0.301 e. The van der Waals surface area contributed by atoms with Crippen molar-refractivity contribution in [1.29, 1.82) is 0 Å². The lowest BCUT2D eigenvalue weighted by Crippen LogP contribution is -2.48. The maximum atomic E-state index is 9.67. The van der Waals surface area contributed by atoms with Crippen LogP contribution in [0, 0.1) is 17.8 Å². The fourth-order valence-electron chi connectivity index (χ4n) is 4.69. The zero-order valence-corrected chi connectivity index (χ0v) is 18.1. The van der Waals surface area contributed by atoms with Crippen molar-refractivity contribution in [3.63, 3.8) is 0 Å². The number of piperazine rings is 1. The third-order valence-electron chi connectivity index (χ3n) is 6.24. The van der Waals surface area contributed by atoms with E-state index in [1.54, 1.807) is 0 Å². The Bertz CT molecular complexity index is 345. The van der Waals surface area contributed by atoms with E-state index in [4.69, 9.17) is 0 Å². The normalized spacial score (nSPS) is 25.1. The number of hydrogen-bond donors (Lipinski definition) is 0. The van der Waals surface area contributed by atoms with Gasteiger partial charge in [-0.15, -0.1) is 0 Å². The fraction of sp³-hybridized carbons (Fsp3) is 1.00. The highest BCUT2D eigenvalue weighted by atomic mass is 19.4. The number of hydrogen-bond acceptors (Lipinski definition) is 2. The fourth-order valence-corrected chi connectivity index (χ4v) is 4.69. The van der Waals surface area contributed by atoms with Crippen LogP contribution in [0.1, 0.15) is 79.1 Å². The van der Waals surface area contributed by atoms with Crippen molar-refractivity contribution in [2.75, 3.05) is 32.7 Å². The van der Waals surface area contributed by atoms with E-state index in [0.29, 0.717) is 0 Å². The lowest BCUT2D eigenvalue weighted by molar-refractivity contribution is 0.00819. The molecule has 0 bridgehead atoms. The van der Waals surface area contributed by atoms with Gasteiger partial charge in [-0.2, -0.15) is 13.2 Å². The van der Waals surface area contributed by atoms with Crippen LogP contribution in [0.5, 0.6) is 0 Å². The number of rotatable bonds is 8. The summed E-state index contributed by atoms with van der Waals surface area (Å²) in [6, 6.07) is 0.725. The molecule has 0 unspecified atom stereocenters. The van der Waals surface area contributed by atoms with E-state index < -0.39 is 6.68 Å². The second-order valence-electron chi connectivity index (χ2n) is 9.23. The lowest BCUT2D eigenvalue weighted by atomic mass is 9.77. The van der Waals surface area contributed by atoms with Crippen LogP contribution in [0.15, 0.2) is 0 Å². The monoisotopic (exact) mass is 392 g/mol. The highest BCUT2D eigenvalue weighted by Gasteiger charge is 2.22. The molecule has 5 heteroatoms. The Morgan fingerprint density at radius 3 is 1.78 bits per heavy atom. The molecule has 1 aliphatic heterocycles. The molecule has 1 heterocycles. The molecule has 1 aliphatic carbocycles. The van der Waals surface area contributed by atoms with Gasteiger partial charge < -0.3 is 4.90 Å². The van der Waals surface area contributed by atoms with Gasteiger partial charge in [-0.3, -0.25) is 4.90 Å². The Morgan fingerprint density at radius 2 is 1.30 bits per heavy atom. The van der Waals surface area contributed by atoms with Crippen molar-refractivity contribution in [2.45, 2.75) is 91.8 Å². The number of halogens is 3. The molecule has 2 nitrogen and oxygen atoms in total. The van der Waals surface area contributed by atoms with Gasteiger partial charge in [0.2, 0.25) is 0 Å². The number of nitrogens with zero attached hydrogens (tertiary/aromatic N) is 2. The second kappa shape index (κ2) is 13.8. The zero-order valence-electron chi connectivity index (χ0n) is 18.1. The Kier molecular flexibility index (Phi) is 12.7. The van der Waals surface area contributed by atoms with Crippen LogP contribution in [0.4, 0.5) is 13.2 Å². The van der Waals surface area contributed by atoms with Gasteiger partial charge in [0, 0.05) is 32.2 Å². The van der Waals surface area contributed by atoms with E-state index in [-0.39, 0.29) is 0 Å². The second-order valence-corrected chi connectivity index (χ2v) is 9.23. The van der Waals surface area contributed by atoms with Crippen molar-refractivity contribution in [3.05, 3.63) is 0 Å². The largest absolute Gasteiger partial charge is 0.379 e. The molecule has 0 radical (unpaired) electrons. The van der Waals surface area contributed by atoms with Gasteiger partial charge in [0.15, 0.2) is 0 Å². The Hall–Kier alpha value is -0.290. The molecule has 162 valence electrons. The maximum Gasteiger partial charge on any atom is 0.379 e. The van der Waals surface area contributed by atoms with Gasteiger partial charge >= 0.3 is 6.68 Å². The van der Waals surface area contributed by atoms with Crippen LogP contribution in [-0.4, -0.2) is 55.2 Å². The van der Waals surface area contributed by atoms with E-state index in [1.807, 2.05) is 0 Å². The number of unbranched alkanes of at least 4 members (excludes halogenated alkanes) is 1. The first-order valence-electron chi connectivity index (χ1n) is 11.2. The molecule has 2 aliphatic rings. The molecule has 1 saturated carbocycles. The molecule has 27 heavy (non-hydrogen) atoms. The minimum absolute atomic E-state index is 0.725. The molecule has 2 rings (SSSR count). The summed E-state index contributed by atoms with van der Waals surface area (Å²) in [4.78, 5) is 5.31. The van der Waals surface area contributed by atoms with E-state index >= 15 is 0 Å². The Labute approximate surface area is 165 Å². The Balaban J connectivity index is 0.000000828. The van der Waals surface area contributed by atoms with Gasteiger partial charge in [-0.1, -0.05) is 52.4 Å². The first kappa shape index (κ1) is 24.7. The first-order valence-corrected chi connectivity index (χ1v) is 11.2. The van der Waals surface area contributed by atoms with Crippen LogP contribution in [0.2, 0.25) is 0 Å². The van der Waals surface area contributed by atoms with E-state index in [2.05, 4.69) is 37.5 Å². The van der Waals surface area contributed by atoms with Crippen LogP contribution < -0.4 is 0 Å². The van der Waals surface area contributed by atoms with Crippen LogP contribution in [0.3, 0.4) is 0 Å².